The highest BCUT2D eigenvalue weighted by molar-refractivity contribution is 6.31. The highest BCUT2D eigenvalue weighted by atomic mass is 35.5. The summed E-state index contributed by atoms with van der Waals surface area (Å²) in [6, 6.07) is 11.7. The molecule has 0 amide bonds. The molecule has 10 heteroatoms. The number of halogens is 2. The summed E-state index contributed by atoms with van der Waals surface area (Å²) in [6.07, 6.45) is 4.65. The van der Waals surface area contributed by atoms with E-state index in [2.05, 4.69) is 15.2 Å². The van der Waals surface area contributed by atoms with Crippen LogP contribution in [-0.4, -0.2) is 58.6 Å². The van der Waals surface area contributed by atoms with Crippen molar-refractivity contribution in [1.29, 1.82) is 0 Å². The van der Waals surface area contributed by atoms with Crippen LogP contribution in [0.25, 0.3) is 17.2 Å². The van der Waals surface area contributed by atoms with Crippen LogP contribution in [0.1, 0.15) is 12.0 Å². The van der Waals surface area contributed by atoms with Crippen LogP contribution >= 0.6 is 11.6 Å². The number of aliphatic hydroxyl groups is 1. The van der Waals surface area contributed by atoms with E-state index in [-0.39, 0.29) is 17.7 Å². The van der Waals surface area contributed by atoms with Gasteiger partial charge in [-0.05, 0) is 47.9 Å². The molecule has 3 N–H and O–H groups in total. The molecule has 1 unspecified atom stereocenters. The van der Waals surface area contributed by atoms with E-state index < -0.39 is 11.8 Å². The summed E-state index contributed by atoms with van der Waals surface area (Å²) in [5.41, 5.74) is 2.83. The van der Waals surface area contributed by atoms with Gasteiger partial charge in [0.05, 0.1) is 17.7 Å². The Morgan fingerprint density at radius 2 is 2.17 bits per heavy atom. The molecule has 1 aliphatic heterocycles. The molecule has 4 rings (SSSR count). The molecule has 3 aromatic rings. The van der Waals surface area contributed by atoms with Gasteiger partial charge in [0.15, 0.2) is 0 Å². The van der Waals surface area contributed by atoms with Gasteiger partial charge < -0.3 is 25.2 Å². The number of carboxylic acid groups (broad SMARTS) is 1. The number of hydrogen-bond donors (Lipinski definition) is 3. The number of hydrogen-bond acceptors (Lipinski definition) is 7. The maximum Gasteiger partial charge on any atom is 0.328 e. The average molecular weight is 499 g/mol. The average Bonchev–Trinajstić information content (AvgIpc) is 2.85. The lowest BCUT2D eigenvalue weighted by Crippen LogP contribution is -2.43. The van der Waals surface area contributed by atoms with Gasteiger partial charge in [-0.2, -0.15) is 4.98 Å². The zero-order valence-electron chi connectivity index (χ0n) is 18.7. The van der Waals surface area contributed by atoms with Gasteiger partial charge >= 0.3 is 5.97 Å². The number of aliphatic carboxylic acids is 1. The number of aromatic nitrogens is 2. The predicted molar refractivity (Wildman–Crippen MR) is 132 cm³/mol. The number of morpholine rings is 1. The normalized spacial score (nSPS) is 16.0. The molecule has 1 atom stereocenters. The summed E-state index contributed by atoms with van der Waals surface area (Å²) in [5.74, 6) is -0.590. The lowest BCUT2D eigenvalue weighted by atomic mass is 10.0. The maximum atomic E-state index is 13.6. The van der Waals surface area contributed by atoms with Gasteiger partial charge in [0.2, 0.25) is 5.95 Å². The lowest BCUT2D eigenvalue weighted by Gasteiger charge is -2.34. The molecule has 0 radical (unpaired) electrons. The molecule has 1 saturated heterocycles. The molecule has 1 aliphatic rings. The zero-order chi connectivity index (χ0) is 24.8. The molecule has 8 nitrogen and oxygen atoms in total. The minimum absolute atomic E-state index is 0.0156. The fraction of sp³-hybridized carbons (Fsp3) is 0.240. The van der Waals surface area contributed by atoms with Crippen LogP contribution in [0.3, 0.4) is 0 Å². The van der Waals surface area contributed by atoms with E-state index in [1.165, 1.54) is 18.2 Å². The molecule has 0 aliphatic carbocycles. The van der Waals surface area contributed by atoms with Crippen molar-refractivity contribution in [3.8, 4) is 11.1 Å². The van der Waals surface area contributed by atoms with Gasteiger partial charge in [0.25, 0.3) is 0 Å². The largest absolute Gasteiger partial charge is 0.478 e. The number of carbonyl (C=O) groups is 1. The zero-order valence-corrected chi connectivity index (χ0v) is 19.5. The second kappa shape index (κ2) is 11.3. The van der Waals surface area contributed by atoms with Crippen molar-refractivity contribution < 1.29 is 24.1 Å². The summed E-state index contributed by atoms with van der Waals surface area (Å²) in [4.78, 5) is 22.2. The number of ether oxygens (including phenoxy) is 1. The summed E-state index contributed by atoms with van der Waals surface area (Å²) < 4.78 is 19.3. The molecule has 2 aromatic carbocycles. The number of nitrogens with one attached hydrogen (secondary N) is 1. The van der Waals surface area contributed by atoms with Crippen LogP contribution in [-0.2, 0) is 9.53 Å². The Morgan fingerprint density at radius 3 is 2.94 bits per heavy atom. The Kier molecular flexibility index (Phi) is 7.91. The first-order chi connectivity index (χ1) is 16.9. The van der Waals surface area contributed by atoms with Crippen molar-refractivity contribution >= 4 is 41.1 Å². The van der Waals surface area contributed by atoms with Gasteiger partial charge in [-0.1, -0.05) is 29.8 Å². The summed E-state index contributed by atoms with van der Waals surface area (Å²) in [6.45, 7) is 1.62. The summed E-state index contributed by atoms with van der Waals surface area (Å²) >= 11 is 5.90. The SMILES string of the molecule is O=C(O)/C=C/c1cccc(-c2cnc(Nc3ccc(F)c(Cl)c3)nc2N2CCOC(CCO)C2)c1. The Morgan fingerprint density at radius 1 is 1.31 bits per heavy atom. The van der Waals surface area contributed by atoms with E-state index in [0.717, 1.165) is 22.8 Å². The summed E-state index contributed by atoms with van der Waals surface area (Å²) in [7, 11) is 0. The predicted octanol–water partition coefficient (Wildman–Crippen LogP) is 4.37. The Balaban J connectivity index is 1.72. The van der Waals surface area contributed by atoms with Crippen molar-refractivity contribution in [3.63, 3.8) is 0 Å². The minimum atomic E-state index is -1.03. The molecule has 0 spiro atoms. The maximum absolute atomic E-state index is 13.6. The van der Waals surface area contributed by atoms with Gasteiger partial charge in [-0.15, -0.1) is 0 Å². The quantitative estimate of drug-likeness (QED) is 0.393. The molecule has 0 saturated carbocycles. The molecule has 35 heavy (non-hydrogen) atoms. The third-order valence-corrected chi connectivity index (χ3v) is 5.74. The topological polar surface area (TPSA) is 108 Å². The Hall–Kier alpha value is -3.53. The van der Waals surface area contributed by atoms with Crippen LogP contribution in [0, 0.1) is 5.82 Å². The number of rotatable bonds is 8. The molecular formula is C25H24ClFN4O4. The monoisotopic (exact) mass is 498 g/mol. The second-order valence-corrected chi connectivity index (χ2v) is 8.34. The van der Waals surface area contributed by atoms with E-state index >= 15 is 0 Å². The van der Waals surface area contributed by atoms with Crippen molar-refractivity contribution in [3.05, 3.63) is 71.1 Å². The molecule has 182 valence electrons. The molecule has 1 fully saturated rings. The van der Waals surface area contributed by atoms with Crippen molar-refractivity contribution in [2.45, 2.75) is 12.5 Å². The smallest absolute Gasteiger partial charge is 0.328 e. The first kappa shape index (κ1) is 24.6. The Bertz CT molecular complexity index is 1240. The second-order valence-electron chi connectivity index (χ2n) is 7.93. The number of benzene rings is 2. The van der Waals surface area contributed by atoms with Crippen molar-refractivity contribution in [1.82, 2.24) is 9.97 Å². The third-order valence-electron chi connectivity index (χ3n) is 5.45. The van der Waals surface area contributed by atoms with Crippen LogP contribution in [0.4, 0.5) is 21.8 Å². The molecule has 0 bridgehead atoms. The number of nitrogens with zero attached hydrogens (tertiary/aromatic N) is 3. The number of carboxylic acids is 1. The molecule has 1 aromatic heterocycles. The Labute approximate surface area is 206 Å². The van der Waals surface area contributed by atoms with Crippen LogP contribution in [0.15, 0.2) is 54.7 Å². The van der Waals surface area contributed by atoms with E-state index in [9.17, 15) is 14.3 Å². The van der Waals surface area contributed by atoms with Crippen molar-refractivity contribution in [2.75, 3.05) is 36.5 Å². The fourth-order valence-corrected chi connectivity index (χ4v) is 3.97. The van der Waals surface area contributed by atoms with E-state index in [1.807, 2.05) is 24.3 Å². The minimum Gasteiger partial charge on any atom is -0.478 e. The van der Waals surface area contributed by atoms with Gasteiger partial charge in [-0.25, -0.2) is 14.2 Å². The third kappa shape index (κ3) is 6.33. The van der Waals surface area contributed by atoms with E-state index in [1.54, 1.807) is 12.3 Å². The van der Waals surface area contributed by atoms with Crippen LogP contribution in [0.2, 0.25) is 5.02 Å². The number of aliphatic hydroxyl groups excluding tert-OH is 1. The van der Waals surface area contributed by atoms with Crippen LogP contribution in [0.5, 0.6) is 0 Å². The first-order valence-electron chi connectivity index (χ1n) is 11.0. The number of anilines is 3. The van der Waals surface area contributed by atoms with Gasteiger partial charge in [0.1, 0.15) is 11.6 Å². The van der Waals surface area contributed by atoms with E-state index in [4.69, 9.17) is 26.4 Å². The first-order valence-corrected chi connectivity index (χ1v) is 11.4. The lowest BCUT2D eigenvalue weighted by molar-refractivity contribution is -0.131. The van der Waals surface area contributed by atoms with Crippen molar-refractivity contribution in [2.24, 2.45) is 0 Å². The standard InChI is InChI=1S/C25H24ClFN4O4/c26-21-13-18(5-6-22(21)27)29-25-28-14-20(17-3-1-2-16(12-17)4-7-23(33)34)24(30-25)31-9-11-35-19(15-31)8-10-32/h1-7,12-14,19,32H,8-11,15H2,(H,33,34)(H,28,29,30)/b7-4+. The van der Waals surface area contributed by atoms with E-state index in [0.29, 0.717) is 43.6 Å². The highest BCUT2D eigenvalue weighted by Crippen LogP contribution is 2.32. The van der Waals surface area contributed by atoms with Crippen LogP contribution < -0.4 is 10.2 Å². The molecule has 2 heterocycles. The molecular weight excluding hydrogens is 475 g/mol. The summed E-state index contributed by atoms with van der Waals surface area (Å²) in [5, 5.41) is 21.4. The van der Waals surface area contributed by atoms with Gasteiger partial charge in [0, 0.05) is 43.2 Å². The fourth-order valence-electron chi connectivity index (χ4n) is 3.79. The van der Waals surface area contributed by atoms with Gasteiger partial charge in [-0.3, -0.25) is 0 Å². The highest BCUT2D eigenvalue weighted by Gasteiger charge is 2.24.